The highest BCUT2D eigenvalue weighted by Crippen LogP contribution is 2.40. The van der Waals surface area contributed by atoms with Gasteiger partial charge in [-0.1, -0.05) is 24.9 Å². The molecule has 2 rings (SSSR count). The second kappa shape index (κ2) is 5.52. The van der Waals surface area contributed by atoms with Crippen molar-refractivity contribution in [1.29, 1.82) is 0 Å². The van der Waals surface area contributed by atoms with Crippen molar-refractivity contribution in [3.63, 3.8) is 0 Å². The Hall–Kier alpha value is -1.36. The van der Waals surface area contributed by atoms with E-state index in [1.54, 1.807) is 0 Å². The summed E-state index contributed by atoms with van der Waals surface area (Å²) < 4.78 is 4.96. The van der Waals surface area contributed by atoms with Crippen molar-refractivity contribution in [2.75, 3.05) is 6.54 Å². The van der Waals surface area contributed by atoms with E-state index in [4.69, 9.17) is 9.63 Å². The fourth-order valence-electron chi connectivity index (χ4n) is 2.73. The Bertz CT molecular complexity index is 408. The fraction of sp³-hybridized carbons (Fsp3) is 0.692. The molecule has 1 heterocycles. The maximum Gasteiger partial charge on any atom is 0.358 e. The van der Waals surface area contributed by atoms with Gasteiger partial charge in [0.2, 0.25) is 0 Å². The molecule has 5 heteroatoms. The monoisotopic (exact) mass is 252 g/mol. The largest absolute Gasteiger partial charge is 0.476 e. The Labute approximate surface area is 107 Å². The van der Waals surface area contributed by atoms with Gasteiger partial charge in [0, 0.05) is 12.6 Å². The number of aromatic nitrogens is 1. The number of nitrogens with zero attached hydrogens (tertiary/aromatic N) is 1. The quantitative estimate of drug-likeness (QED) is 0.813. The first-order chi connectivity index (χ1) is 8.65. The summed E-state index contributed by atoms with van der Waals surface area (Å²) >= 11 is 0. The Morgan fingerprint density at radius 1 is 1.56 bits per heavy atom. The molecule has 0 radical (unpaired) electrons. The molecule has 100 valence electrons. The second-order valence-corrected chi connectivity index (χ2v) is 5.15. The van der Waals surface area contributed by atoms with Gasteiger partial charge < -0.3 is 14.9 Å². The number of carboxylic acid groups (broad SMARTS) is 1. The zero-order valence-electron chi connectivity index (χ0n) is 10.7. The first kappa shape index (κ1) is 13.1. The van der Waals surface area contributed by atoms with Crippen LogP contribution in [-0.4, -0.2) is 22.8 Å². The number of hydrogen-bond acceptors (Lipinski definition) is 4. The van der Waals surface area contributed by atoms with Gasteiger partial charge in [-0.15, -0.1) is 0 Å². The van der Waals surface area contributed by atoms with Crippen LogP contribution in [0.25, 0.3) is 0 Å². The Morgan fingerprint density at radius 3 is 2.83 bits per heavy atom. The molecule has 1 aromatic rings. The van der Waals surface area contributed by atoms with Crippen LogP contribution in [0.3, 0.4) is 0 Å². The molecule has 0 bridgehead atoms. The standard InChI is InChI=1S/C13H20N2O3/c1-2-13(5-3-4-6-13)9-14-8-10-7-11(12(16)17)15-18-10/h7,14H,2-6,8-9H2,1H3,(H,16,17). The molecule has 2 N–H and O–H groups in total. The van der Waals surface area contributed by atoms with Crippen LogP contribution in [-0.2, 0) is 6.54 Å². The molecule has 1 saturated carbocycles. The van der Waals surface area contributed by atoms with Crippen molar-refractivity contribution in [1.82, 2.24) is 10.5 Å². The van der Waals surface area contributed by atoms with Crippen LogP contribution in [0.5, 0.6) is 0 Å². The predicted octanol–water partition coefficient (Wildman–Crippen LogP) is 2.43. The maximum absolute atomic E-state index is 10.7. The van der Waals surface area contributed by atoms with Crippen LogP contribution in [0.1, 0.15) is 55.3 Å². The average Bonchev–Trinajstić information content (AvgIpc) is 2.98. The summed E-state index contributed by atoms with van der Waals surface area (Å²) in [5.74, 6) is -0.470. The summed E-state index contributed by atoms with van der Waals surface area (Å²) in [6, 6.07) is 1.47. The lowest BCUT2D eigenvalue weighted by Gasteiger charge is -2.27. The van der Waals surface area contributed by atoms with E-state index >= 15 is 0 Å². The van der Waals surface area contributed by atoms with Gasteiger partial charge in [0.05, 0.1) is 6.54 Å². The molecule has 1 aliphatic carbocycles. The van der Waals surface area contributed by atoms with Crippen LogP contribution in [0, 0.1) is 5.41 Å². The topological polar surface area (TPSA) is 75.4 Å². The molecule has 1 aromatic heterocycles. The summed E-state index contributed by atoms with van der Waals surface area (Å²) in [4.78, 5) is 10.7. The molecule has 0 aromatic carbocycles. The van der Waals surface area contributed by atoms with E-state index < -0.39 is 5.97 Å². The molecule has 0 atom stereocenters. The summed E-state index contributed by atoms with van der Waals surface area (Å²) in [7, 11) is 0. The normalized spacial score (nSPS) is 18.1. The first-order valence-corrected chi connectivity index (χ1v) is 6.55. The zero-order chi connectivity index (χ0) is 13.0. The number of nitrogens with one attached hydrogen (secondary N) is 1. The highest BCUT2D eigenvalue weighted by molar-refractivity contribution is 5.85. The van der Waals surface area contributed by atoms with Gasteiger partial charge in [-0.05, 0) is 24.7 Å². The minimum absolute atomic E-state index is 0.0297. The highest BCUT2D eigenvalue weighted by Gasteiger charge is 2.31. The number of aromatic carboxylic acids is 1. The van der Waals surface area contributed by atoms with Crippen molar-refractivity contribution in [3.05, 3.63) is 17.5 Å². The second-order valence-electron chi connectivity index (χ2n) is 5.15. The molecule has 0 unspecified atom stereocenters. The highest BCUT2D eigenvalue weighted by atomic mass is 16.5. The van der Waals surface area contributed by atoms with E-state index in [0.717, 1.165) is 6.54 Å². The summed E-state index contributed by atoms with van der Waals surface area (Å²) in [6.07, 6.45) is 6.40. The van der Waals surface area contributed by atoms with Crippen molar-refractivity contribution in [2.45, 2.75) is 45.6 Å². The van der Waals surface area contributed by atoms with Gasteiger partial charge in [-0.2, -0.15) is 0 Å². The smallest absolute Gasteiger partial charge is 0.358 e. The first-order valence-electron chi connectivity index (χ1n) is 6.55. The van der Waals surface area contributed by atoms with E-state index in [1.165, 1.54) is 38.2 Å². The Kier molecular flexibility index (Phi) is 4.01. The lowest BCUT2D eigenvalue weighted by atomic mass is 9.83. The van der Waals surface area contributed by atoms with E-state index in [9.17, 15) is 4.79 Å². The third-order valence-electron chi connectivity index (χ3n) is 3.99. The van der Waals surface area contributed by atoms with E-state index in [1.807, 2.05) is 0 Å². The molecule has 0 spiro atoms. The molecule has 5 nitrogen and oxygen atoms in total. The molecule has 0 aliphatic heterocycles. The number of hydrogen-bond donors (Lipinski definition) is 2. The minimum Gasteiger partial charge on any atom is -0.476 e. The number of carbonyl (C=O) groups is 1. The lowest BCUT2D eigenvalue weighted by molar-refractivity contribution is 0.0685. The lowest BCUT2D eigenvalue weighted by Crippen LogP contribution is -2.31. The van der Waals surface area contributed by atoms with Gasteiger partial charge in [0.1, 0.15) is 0 Å². The van der Waals surface area contributed by atoms with Crippen molar-refractivity contribution in [3.8, 4) is 0 Å². The molecule has 0 saturated heterocycles. The molecule has 1 aliphatic rings. The number of rotatable bonds is 6. The van der Waals surface area contributed by atoms with Gasteiger partial charge in [-0.3, -0.25) is 0 Å². The third-order valence-corrected chi connectivity index (χ3v) is 3.99. The summed E-state index contributed by atoms with van der Waals surface area (Å²) in [6.45, 7) is 3.75. The van der Waals surface area contributed by atoms with Crippen LogP contribution in [0.2, 0.25) is 0 Å². The van der Waals surface area contributed by atoms with E-state index in [2.05, 4.69) is 17.4 Å². The Morgan fingerprint density at radius 2 is 2.28 bits per heavy atom. The summed E-state index contributed by atoms with van der Waals surface area (Å²) in [5.41, 5.74) is 0.396. The van der Waals surface area contributed by atoms with Crippen LogP contribution < -0.4 is 5.32 Å². The molecule has 0 amide bonds. The summed E-state index contributed by atoms with van der Waals surface area (Å²) in [5, 5.41) is 15.6. The zero-order valence-corrected chi connectivity index (χ0v) is 10.7. The van der Waals surface area contributed by atoms with Crippen LogP contribution in [0.15, 0.2) is 10.6 Å². The van der Waals surface area contributed by atoms with Gasteiger partial charge in [-0.25, -0.2) is 4.79 Å². The molecular weight excluding hydrogens is 232 g/mol. The third kappa shape index (κ3) is 2.90. The minimum atomic E-state index is -1.05. The van der Waals surface area contributed by atoms with E-state index in [0.29, 0.717) is 17.7 Å². The molecule has 18 heavy (non-hydrogen) atoms. The van der Waals surface area contributed by atoms with Crippen LogP contribution in [0.4, 0.5) is 0 Å². The van der Waals surface area contributed by atoms with Crippen molar-refractivity contribution < 1.29 is 14.4 Å². The molecule has 1 fully saturated rings. The fourth-order valence-corrected chi connectivity index (χ4v) is 2.73. The Balaban J connectivity index is 1.82. The van der Waals surface area contributed by atoms with E-state index in [-0.39, 0.29) is 5.69 Å². The molecular formula is C13H20N2O3. The van der Waals surface area contributed by atoms with Crippen molar-refractivity contribution in [2.24, 2.45) is 5.41 Å². The van der Waals surface area contributed by atoms with Gasteiger partial charge in [0.25, 0.3) is 0 Å². The van der Waals surface area contributed by atoms with Crippen molar-refractivity contribution >= 4 is 5.97 Å². The van der Waals surface area contributed by atoms with Gasteiger partial charge >= 0.3 is 5.97 Å². The SMILES string of the molecule is CCC1(CNCc2cc(C(=O)O)no2)CCCC1. The van der Waals surface area contributed by atoms with Crippen LogP contribution >= 0.6 is 0 Å². The predicted molar refractivity (Wildman–Crippen MR) is 66.4 cm³/mol. The average molecular weight is 252 g/mol. The van der Waals surface area contributed by atoms with Gasteiger partial charge in [0.15, 0.2) is 11.5 Å². The number of carboxylic acids is 1. The maximum atomic E-state index is 10.7.